The van der Waals surface area contributed by atoms with Gasteiger partial charge in [-0.3, -0.25) is 18.6 Å². The number of esters is 1. The lowest BCUT2D eigenvalue weighted by atomic mass is 10.1. The maximum absolute atomic E-state index is 12.0. The number of allylic oxidation sites excluding steroid dienone is 2. The molecule has 204 valence electrons. The first-order valence-electron chi connectivity index (χ1n) is 12.2. The number of rotatable bonds is 22. The normalized spacial score (nSPS) is 14.9. The average molecular weight is 524 g/mol. The molecule has 11 nitrogen and oxygen atoms in total. The minimum absolute atomic E-state index is 0.136. The summed E-state index contributed by atoms with van der Waals surface area (Å²) in [5, 5.41) is 21.0. The Balaban J connectivity index is 4.06. The van der Waals surface area contributed by atoms with Crippen LogP contribution in [0, 0.1) is 0 Å². The third kappa shape index (κ3) is 21.2. The van der Waals surface area contributed by atoms with E-state index in [0.29, 0.717) is 6.42 Å². The number of phosphoric ester groups is 1. The van der Waals surface area contributed by atoms with Crippen molar-refractivity contribution in [3.8, 4) is 0 Å². The van der Waals surface area contributed by atoms with Crippen molar-refractivity contribution in [2.24, 2.45) is 0 Å². The number of carboxylic acid groups (broad SMARTS) is 1. The standard InChI is InChI=1S/C23H42NO10P/c1-3-4-5-6-7-8-9-10-11-12-13-14-15-22(27)24-21(23(28)29)18-34-35(30,31)33-17-20(26)16-32-19(2)25/h7-8,20-21,26H,3-6,9-18H2,1-2H3,(H,24,27)(H,28,29)(H,30,31)/b8-7-. The summed E-state index contributed by atoms with van der Waals surface area (Å²) in [6, 6.07) is -1.54. The number of carbonyl (C=O) groups is 3. The highest BCUT2D eigenvalue weighted by atomic mass is 31.2. The first kappa shape index (κ1) is 33.2. The summed E-state index contributed by atoms with van der Waals surface area (Å²) in [5.74, 6) is -2.58. The van der Waals surface area contributed by atoms with E-state index in [4.69, 9.17) is 0 Å². The van der Waals surface area contributed by atoms with Crippen molar-refractivity contribution in [2.45, 2.75) is 96.6 Å². The highest BCUT2D eigenvalue weighted by molar-refractivity contribution is 7.47. The quantitative estimate of drug-likeness (QED) is 0.0713. The number of aliphatic hydroxyl groups is 1. The van der Waals surface area contributed by atoms with Crippen LogP contribution in [0.2, 0.25) is 0 Å². The number of aliphatic hydroxyl groups excluding tert-OH is 1. The van der Waals surface area contributed by atoms with E-state index >= 15 is 0 Å². The smallest absolute Gasteiger partial charge is 0.472 e. The molecule has 0 spiro atoms. The Morgan fingerprint density at radius 1 is 0.914 bits per heavy atom. The van der Waals surface area contributed by atoms with E-state index in [1.54, 1.807) is 0 Å². The molecule has 0 aromatic rings. The van der Waals surface area contributed by atoms with Gasteiger partial charge in [-0.05, 0) is 32.1 Å². The molecule has 3 unspecified atom stereocenters. The number of carboxylic acids is 1. The van der Waals surface area contributed by atoms with Crippen molar-refractivity contribution >= 4 is 25.7 Å². The van der Waals surface area contributed by atoms with Gasteiger partial charge in [-0.15, -0.1) is 0 Å². The zero-order chi connectivity index (χ0) is 26.5. The fourth-order valence-electron chi connectivity index (χ4n) is 2.92. The fourth-order valence-corrected chi connectivity index (χ4v) is 3.69. The van der Waals surface area contributed by atoms with E-state index in [2.05, 4.69) is 38.2 Å². The van der Waals surface area contributed by atoms with Gasteiger partial charge in [0.25, 0.3) is 0 Å². The predicted molar refractivity (Wildman–Crippen MR) is 130 cm³/mol. The van der Waals surface area contributed by atoms with Crippen LogP contribution >= 0.6 is 7.82 Å². The molecule has 12 heteroatoms. The minimum atomic E-state index is -4.70. The van der Waals surface area contributed by atoms with Gasteiger partial charge >= 0.3 is 19.8 Å². The molecule has 0 saturated carbocycles. The highest BCUT2D eigenvalue weighted by Crippen LogP contribution is 2.43. The van der Waals surface area contributed by atoms with Gasteiger partial charge in [-0.1, -0.05) is 51.2 Å². The van der Waals surface area contributed by atoms with E-state index in [9.17, 15) is 34.1 Å². The van der Waals surface area contributed by atoms with E-state index in [1.165, 1.54) is 19.3 Å². The van der Waals surface area contributed by atoms with Crippen LogP contribution in [0.4, 0.5) is 0 Å². The van der Waals surface area contributed by atoms with E-state index in [0.717, 1.165) is 45.4 Å². The lowest BCUT2D eigenvalue weighted by Gasteiger charge is -2.18. The largest absolute Gasteiger partial charge is 0.480 e. The highest BCUT2D eigenvalue weighted by Gasteiger charge is 2.28. The van der Waals surface area contributed by atoms with Crippen molar-refractivity contribution in [1.29, 1.82) is 0 Å². The second kappa shape index (κ2) is 20.4. The number of hydrogen-bond donors (Lipinski definition) is 4. The molecule has 3 atom stereocenters. The summed E-state index contributed by atoms with van der Waals surface area (Å²) in [7, 11) is -4.70. The second-order valence-electron chi connectivity index (χ2n) is 8.25. The van der Waals surface area contributed by atoms with Crippen molar-refractivity contribution in [2.75, 3.05) is 19.8 Å². The molecule has 0 radical (unpaired) electrons. The molecule has 0 rings (SSSR count). The summed E-state index contributed by atoms with van der Waals surface area (Å²) in [6.45, 7) is 1.39. The maximum atomic E-state index is 12.0. The monoisotopic (exact) mass is 523 g/mol. The van der Waals surface area contributed by atoms with Gasteiger partial charge in [0, 0.05) is 13.3 Å². The lowest BCUT2D eigenvalue weighted by molar-refractivity contribution is -0.144. The number of amides is 1. The molecule has 0 bridgehead atoms. The first-order chi connectivity index (χ1) is 16.6. The summed E-state index contributed by atoms with van der Waals surface area (Å²) in [4.78, 5) is 43.6. The summed E-state index contributed by atoms with van der Waals surface area (Å²) < 4.78 is 25.5. The average Bonchev–Trinajstić information content (AvgIpc) is 2.79. The SMILES string of the molecule is CCCCC/C=C\CCCCCCCC(=O)NC(COP(=O)(O)OCC(O)COC(C)=O)C(=O)O. The summed E-state index contributed by atoms with van der Waals surface area (Å²) in [5.41, 5.74) is 0. The minimum Gasteiger partial charge on any atom is -0.480 e. The Morgan fingerprint density at radius 3 is 2.09 bits per heavy atom. The number of hydrogen-bond acceptors (Lipinski definition) is 8. The third-order valence-electron chi connectivity index (χ3n) is 4.86. The van der Waals surface area contributed by atoms with Crippen LogP contribution in [-0.4, -0.2) is 64.9 Å². The van der Waals surface area contributed by atoms with Gasteiger partial charge in [-0.2, -0.15) is 0 Å². The van der Waals surface area contributed by atoms with Crippen molar-refractivity contribution < 1.29 is 47.8 Å². The number of unbranched alkanes of at least 4 members (excludes halogenated alkanes) is 8. The zero-order valence-electron chi connectivity index (χ0n) is 20.9. The Kier molecular flexibility index (Phi) is 19.4. The van der Waals surface area contributed by atoms with Crippen LogP contribution in [0.15, 0.2) is 12.2 Å². The molecule has 0 aromatic carbocycles. The van der Waals surface area contributed by atoms with Gasteiger partial charge in [0.15, 0.2) is 6.04 Å². The number of phosphoric acid groups is 1. The maximum Gasteiger partial charge on any atom is 0.472 e. The third-order valence-corrected chi connectivity index (χ3v) is 5.81. The van der Waals surface area contributed by atoms with Crippen LogP contribution in [0.25, 0.3) is 0 Å². The summed E-state index contributed by atoms with van der Waals surface area (Å²) in [6.07, 6.45) is 13.7. The van der Waals surface area contributed by atoms with E-state index in [1.807, 2.05) is 0 Å². The molecule has 35 heavy (non-hydrogen) atoms. The number of ether oxygens (including phenoxy) is 1. The van der Waals surface area contributed by atoms with Crippen molar-refractivity contribution in [3.63, 3.8) is 0 Å². The topological polar surface area (TPSA) is 169 Å². The van der Waals surface area contributed by atoms with Crippen LogP contribution in [0.3, 0.4) is 0 Å². The van der Waals surface area contributed by atoms with Gasteiger partial charge in [-0.25, -0.2) is 9.36 Å². The van der Waals surface area contributed by atoms with Crippen molar-refractivity contribution in [3.05, 3.63) is 12.2 Å². The van der Waals surface area contributed by atoms with Crippen molar-refractivity contribution in [1.82, 2.24) is 5.32 Å². The molecule has 0 saturated heterocycles. The van der Waals surface area contributed by atoms with Crippen LogP contribution in [0.1, 0.15) is 84.5 Å². The number of nitrogens with one attached hydrogen (secondary N) is 1. The second-order valence-corrected chi connectivity index (χ2v) is 9.70. The number of aliphatic carboxylic acids is 1. The molecule has 0 aliphatic heterocycles. The predicted octanol–water partition coefficient (Wildman–Crippen LogP) is 3.48. The van der Waals surface area contributed by atoms with Crippen LogP contribution in [-0.2, 0) is 32.7 Å². The number of carbonyl (C=O) groups excluding carboxylic acids is 2. The molecule has 0 aromatic heterocycles. The molecule has 0 heterocycles. The zero-order valence-corrected chi connectivity index (χ0v) is 21.7. The molecule has 0 aliphatic carbocycles. The fraction of sp³-hybridized carbons (Fsp3) is 0.783. The first-order valence-corrected chi connectivity index (χ1v) is 13.7. The van der Waals surface area contributed by atoms with Crippen LogP contribution < -0.4 is 5.32 Å². The van der Waals surface area contributed by atoms with E-state index < -0.39 is 57.6 Å². The van der Waals surface area contributed by atoms with Gasteiger partial charge in [0.1, 0.15) is 12.7 Å². The summed E-state index contributed by atoms with van der Waals surface area (Å²) >= 11 is 0. The Hall–Kier alpha value is -1.78. The molecular formula is C23H42NO10P. The molecule has 1 amide bonds. The van der Waals surface area contributed by atoms with E-state index in [-0.39, 0.29) is 6.42 Å². The van der Waals surface area contributed by atoms with Crippen LogP contribution in [0.5, 0.6) is 0 Å². The molecule has 0 fully saturated rings. The molecule has 0 aliphatic rings. The lowest BCUT2D eigenvalue weighted by Crippen LogP contribution is -2.43. The molecular weight excluding hydrogens is 481 g/mol. The molecule has 4 N–H and O–H groups in total. The van der Waals surface area contributed by atoms with Gasteiger partial charge in [0.2, 0.25) is 5.91 Å². The van der Waals surface area contributed by atoms with Gasteiger partial charge < -0.3 is 25.2 Å². The Morgan fingerprint density at radius 2 is 1.49 bits per heavy atom. The van der Waals surface area contributed by atoms with Gasteiger partial charge in [0.05, 0.1) is 13.2 Å². The Bertz CT molecular complexity index is 685. The Labute approximate surface area is 207 Å².